The van der Waals surface area contributed by atoms with Crippen molar-refractivity contribution in [3.63, 3.8) is 0 Å². The van der Waals surface area contributed by atoms with Crippen molar-refractivity contribution in [2.75, 3.05) is 0 Å². The number of amides is 1. The summed E-state index contributed by atoms with van der Waals surface area (Å²) < 4.78 is 0. The summed E-state index contributed by atoms with van der Waals surface area (Å²) in [6.07, 6.45) is 0.954. The molecule has 3 rings (SSSR count). The van der Waals surface area contributed by atoms with E-state index in [1.54, 1.807) is 0 Å². The molecule has 0 spiro atoms. The molecule has 25 heavy (non-hydrogen) atoms. The van der Waals surface area contributed by atoms with E-state index in [9.17, 15) is 9.59 Å². The van der Waals surface area contributed by atoms with E-state index < -0.39 is 0 Å². The molecule has 3 nitrogen and oxygen atoms in total. The fourth-order valence-electron chi connectivity index (χ4n) is 2.49. The quantitative estimate of drug-likeness (QED) is 0.667. The van der Waals surface area contributed by atoms with Gasteiger partial charge in [-0.3, -0.25) is 9.59 Å². The second-order valence-corrected chi connectivity index (χ2v) is 6.86. The molecule has 126 valence electrons. The molecule has 1 amide bonds. The predicted molar refractivity (Wildman–Crippen MR) is 101 cm³/mol. The number of hydrogen-bond donors (Lipinski definition) is 1. The van der Waals surface area contributed by atoms with Crippen molar-refractivity contribution in [2.45, 2.75) is 19.9 Å². The lowest BCUT2D eigenvalue weighted by molar-refractivity contribution is 0.0950. The highest BCUT2D eigenvalue weighted by Crippen LogP contribution is 2.20. The van der Waals surface area contributed by atoms with Gasteiger partial charge in [-0.1, -0.05) is 49.4 Å². The number of carbonyl (C=O) groups is 2. The average Bonchev–Trinajstić information content (AvgIpc) is 3.15. The second kappa shape index (κ2) is 7.90. The van der Waals surface area contributed by atoms with Crippen molar-refractivity contribution in [2.24, 2.45) is 0 Å². The maximum atomic E-state index is 12.4. The maximum Gasteiger partial charge on any atom is 0.251 e. The number of benzene rings is 2. The second-order valence-electron chi connectivity index (χ2n) is 5.69. The van der Waals surface area contributed by atoms with E-state index in [0.717, 1.165) is 11.3 Å². The summed E-state index contributed by atoms with van der Waals surface area (Å²) in [6, 6.07) is 20.5. The maximum absolute atomic E-state index is 12.4. The summed E-state index contributed by atoms with van der Waals surface area (Å²) in [5, 5.41) is 2.90. The number of carbonyl (C=O) groups excluding carboxylic acids is 2. The number of rotatable bonds is 6. The monoisotopic (exact) mass is 349 g/mol. The fraction of sp³-hybridized carbons (Fsp3) is 0.143. The predicted octanol–water partition coefficient (Wildman–Crippen LogP) is 4.47. The Labute approximate surface area is 151 Å². The van der Waals surface area contributed by atoms with Crippen LogP contribution in [0.2, 0.25) is 0 Å². The highest BCUT2D eigenvalue weighted by Gasteiger charge is 2.12. The van der Waals surface area contributed by atoms with Crippen molar-refractivity contribution < 1.29 is 9.59 Å². The summed E-state index contributed by atoms with van der Waals surface area (Å²) >= 11 is 1.41. The Morgan fingerprint density at radius 2 is 1.60 bits per heavy atom. The Morgan fingerprint density at radius 3 is 2.28 bits per heavy atom. The number of aryl methyl sites for hydroxylation is 1. The van der Waals surface area contributed by atoms with Gasteiger partial charge in [-0.05, 0) is 36.2 Å². The normalized spacial score (nSPS) is 10.4. The summed E-state index contributed by atoms with van der Waals surface area (Å²) in [5.41, 5.74) is 2.53. The van der Waals surface area contributed by atoms with Crippen LogP contribution >= 0.6 is 11.3 Å². The number of thiophene rings is 1. The van der Waals surface area contributed by atoms with Gasteiger partial charge in [0, 0.05) is 16.0 Å². The van der Waals surface area contributed by atoms with Crippen LogP contribution in [-0.2, 0) is 13.0 Å². The molecule has 2 aromatic carbocycles. The number of ketones is 1. The molecular formula is C21H19NO2S. The Hall–Kier alpha value is -2.72. The van der Waals surface area contributed by atoms with Gasteiger partial charge in [-0.15, -0.1) is 11.3 Å². The summed E-state index contributed by atoms with van der Waals surface area (Å²) in [7, 11) is 0. The zero-order valence-electron chi connectivity index (χ0n) is 14.0. The Bertz CT molecular complexity index is 866. The van der Waals surface area contributed by atoms with Crippen molar-refractivity contribution in [3.8, 4) is 0 Å². The van der Waals surface area contributed by atoms with Crippen LogP contribution in [0.3, 0.4) is 0 Å². The zero-order valence-corrected chi connectivity index (χ0v) is 14.8. The van der Waals surface area contributed by atoms with E-state index in [4.69, 9.17) is 0 Å². The van der Waals surface area contributed by atoms with Gasteiger partial charge in [0.15, 0.2) is 0 Å². The van der Waals surface area contributed by atoms with Gasteiger partial charge in [-0.25, -0.2) is 0 Å². The smallest absolute Gasteiger partial charge is 0.251 e. The molecule has 0 atom stereocenters. The third-order valence-electron chi connectivity index (χ3n) is 3.97. The number of nitrogens with one attached hydrogen (secondary N) is 1. The molecule has 0 saturated heterocycles. The average molecular weight is 349 g/mol. The zero-order chi connectivity index (χ0) is 17.6. The van der Waals surface area contributed by atoms with E-state index in [1.165, 1.54) is 16.9 Å². The minimum Gasteiger partial charge on any atom is -0.347 e. The van der Waals surface area contributed by atoms with E-state index in [2.05, 4.69) is 12.2 Å². The molecular weight excluding hydrogens is 330 g/mol. The molecule has 0 bridgehead atoms. The minimum atomic E-state index is -0.105. The molecule has 0 aliphatic rings. The summed E-state index contributed by atoms with van der Waals surface area (Å²) in [4.78, 5) is 26.2. The SMILES string of the molecule is CCc1ccc(C(=O)NCc2ccc(C(=O)c3ccccc3)s2)cc1. The first-order valence-electron chi connectivity index (χ1n) is 8.23. The summed E-state index contributed by atoms with van der Waals surface area (Å²) in [6.45, 7) is 2.50. The first-order valence-corrected chi connectivity index (χ1v) is 9.04. The van der Waals surface area contributed by atoms with Crippen molar-refractivity contribution >= 4 is 23.0 Å². The number of hydrogen-bond acceptors (Lipinski definition) is 3. The van der Waals surface area contributed by atoms with E-state index in [-0.39, 0.29) is 11.7 Å². The molecule has 0 unspecified atom stereocenters. The van der Waals surface area contributed by atoms with Gasteiger partial charge in [0.25, 0.3) is 5.91 Å². The molecule has 0 aliphatic heterocycles. The van der Waals surface area contributed by atoms with Gasteiger partial charge < -0.3 is 5.32 Å². The third kappa shape index (κ3) is 4.22. The van der Waals surface area contributed by atoms with Crippen molar-refractivity contribution in [3.05, 3.63) is 93.2 Å². The van der Waals surface area contributed by atoms with E-state index >= 15 is 0 Å². The first kappa shape index (κ1) is 17.1. The Kier molecular flexibility index (Phi) is 5.41. The molecule has 0 saturated carbocycles. The molecule has 3 aromatic rings. The van der Waals surface area contributed by atoms with Gasteiger partial charge in [0.1, 0.15) is 0 Å². The van der Waals surface area contributed by atoms with E-state index in [1.807, 2.05) is 66.7 Å². The van der Waals surface area contributed by atoms with Crippen molar-refractivity contribution in [1.82, 2.24) is 5.32 Å². The van der Waals surface area contributed by atoms with Crippen LogP contribution in [0.4, 0.5) is 0 Å². The largest absolute Gasteiger partial charge is 0.347 e. The van der Waals surface area contributed by atoms with Gasteiger partial charge in [0.05, 0.1) is 11.4 Å². The minimum absolute atomic E-state index is 0.0123. The standard InChI is InChI=1S/C21H19NO2S/c1-2-15-8-10-17(11-9-15)21(24)22-14-18-12-13-19(25-18)20(23)16-6-4-3-5-7-16/h3-13H,2,14H2,1H3,(H,22,24). The van der Waals surface area contributed by atoms with Crippen LogP contribution in [0, 0.1) is 0 Å². The molecule has 1 heterocycles. The molecule has 0 fully saturated rings. The van der Waals surface area contributed by atoms with Crippen LogP contribution in [0.1, 0.15) is 43.0 Å². The Balaban J connectivity index is 1.61. The van der Waals surface area contributed by atoms with Crippen LogP contribution in [0.5, 0.6) is 0 Å². The van der Waals surface area contributed by atoms with Crippen LogP contribution in [-0.4, -0.2) is 11.7 Å². The van der Waals surface area contributed by atoms with Gasteiger partial charge in [0.2, 0.25) is 5.78 Å². The van der Waals surface area contributed by atoms with Gasteiger partial charge in [-0.2, -0.15) is 0 Å². The molecule has 4 heteroatoms. The molecule has 1 N–H and O–H groups in total. The van der Waals surface area contributed by atoms with Crippen LogP contribution < -0.4 is 5.32 Å². The lowest BCUT2D eigenvalue weighted by Gasteiger charge is -2.04. The van der Waals surface area contributed by atoms with Crippen LogP contribution in [0.15, 0.2) is 66.7 Å². The van der Waals surface area contributed by atoms with E-state index in [0.29, 0.717) is 22.5 Å². The third-order valence-corrected chi connectivity index (χ3v) is 5.05. The Morgan fingerprint density at radius 1 is 0.880 bits per heavy atom. The topological polar surface area (TPSA) is 46.2 Å². The van der Waals surface area contributed by atoms with Crippen LogP contribution in [0.25, 0.3) is 0 Å². The van der Waals surface area contributed by atoms with Crippen molar-refractivity contribution in [1.29, 1.82) is 0 Å². The van der Waals surface area contributed by atoms with Gasteiger partial charge >= 0.3 is 0 Å². The lowest BCUT2D eigenvalue weighted by atomic mass is 10.1. The lowest BCUT2D eigenvalue weighted by Crippen LogP contribution is -2.22. The fourth-order valence-corrected chi connectivity index (χ4v) is 3.40. The highest BCUT2D eigenvalue weighted by molar-refractivity contribution is 7.14. The molecule has 1 aromatic heterocycles. The molecule has 0 radical (unpaired) electrons. The molecule has 0 aliphatic carbocycles. The highest BCUT2D eigenvalue weighted by atomic mass is 32.1. The summed E-state index contributed by atoms with van der Waals surface area (Å²) in [5.74, 6) is -0.0923. The first-order chi connectivity index (χ1) is 12.2.